The van der Waals surface area contributed by atoms with Gasteiger partial charge in [-0.3, -0.25) is 14.5 Å². The fourth-order valence-electron chi connectivity index (χ4n) is 4.11. The van der Waals surface area contributed by atoms with Crippen LogP contribution in [-0.4, -0.2) is 52.8 Å². The van der Waals surface area contributed by atoms with Gasteiger partial charge in [0, 0.05) is 5.69 Å². The van der Waals surface area contributed by atoms with Crippen molar-refractivity contribution in [2.45, 2.75) is 38.4 Å². The van der Waals surface area contributed by atoms with E-state index in [1.54, 1.807) is 24.3 Å². The predicted octanol–water partition coefficient (Wildman–Crippen LogP) is 2.66. The number of hydrogen-bond donors (Lipinski definition) is 2. The molecule has 0 bridgehead atoms. The number of halogens is 1. The summed E-state index contributed by atoms with van der Waals surface area (Å²) in [5.41, 5.74) is 2.37. The van der Waals surface area contributed by atoms with Crippen molar-refractivity contribution in [1.82, 2.24) is 15.1 Å². The smallest absolute Gasteiger partial charge is 0.325 e. The molecule has 0 aromatic heterocycles. The van der Waals surface area contributed by atoms with Crippen LogP contribution in [0.15, 0.2) is 48.5 Å². The van der Waals surface area contributed by atoms with E-state index in [0.717, 1.165) is 16.9 Å². The van der Waals surface area contributed by atoms with E-state index in [1.165, 1.54) is 17.0 Å². The van der Waals surface area contributed by atoms with Crippen molar-refractivity contribution < 1.29 is 18.8 Å². The summed E-state index contributed by atoms with van der Waals surface area (Å²) in [6.07, 6.45) is 1.47. The summed E-state index contributed by atoms with van der Waals surface area (Å²) in [7, 11) is 0. The number of fused-ring (bicyclic) bond motifs is 1. The average Bonchev–Trinajstić information content (AvgIpc) is 2.77. The molecule has 2 aliphatic rings. The summed E-state index contributed by atoms with van der Waals surface area (Å²) < 4.78 is 13.2. The third-order valence-corrected chi connectivity index (χ3v) is 5.74. The first kappa shape index (κ1) is 21.0. The van der Waals surface area contributed by atoms with Crippen LogP contribution in [0.25, 0.3) is 0 Å². The largest absolute Gasteiger partial charge is 0.327 e. The zero-order valence-corrected chi connectivity index (χ0v) is 17.3. The molecule has 4 amide bonds. The standard InChI is InChI=1S/C23H25FN4O3/c1-15-4-10-18(11-5-15)26-20(29)14-27-19-3-2-12-25-21(19)22(30)28(23(27)31)13-16-6-8-17(24)9-7-16/h4-11,19,21,25H,2-3,12-14H2,1H3,(H,26,29). The Kier molecular flexibility index (Phi) is 5.99. The van der Waals surface area contributed by atoms with Crippen LogP contribution in [0.1, 0.15) is 24.0 Å². The van der Waals surface area contributed by atoms with Crippen LogP contribution < -0.4 is 10.6 Å². The van der Waals surface area contributed by atoms with Gasteiger partial charge in [0.2, 0.25) is 11.8 Å². The van der Waals surface area contributed by atoms with E-state index in [1.807, 2.05) is 19.1 Å². The first-order valence-electron chi connectivity index (χ1n) is 10.4. The number of nitrogens with one attached hydrogen (secondary N) is 2. The number of aryl methyl sites for hydroxylation is 1. The lowest BCUT2D eigenvalue weighted by Gasteiger charge is -2.46. The molecule has 2 N–H and O–H groups in total. The molecule has 2 heterocycles. The first-order chi connectivity index (χ1) is 14.9. The molecule has 2 atom stereocenters. The SMILES string of the molecule is Cc1ccc(NC(=O)CN2C(=O)N(Cc3ccc(F)cc3)C(=O)C3NCCCC32)cc1. The Morgan fingerprint density at radius 1 is 1.13 bits per heavy atom. The highest BCUT2D eigenvalue weighted by atomic mass is 19.1. The van der Waals surface area contributed by atoms with Crippen LogP contribution >= 0.6 is 0 Å². The molecule has 2 saturated heterocycles. The highest BCUT2D eigenvalue weighted by molar-refractivity contribution is 6.02. The summed E-state index contributed by atoms with van der Waals surface area (Å²) in [6, 6.07) is 11.7. The molecule has 31 heavy (non-hydrogen) atoms. The molecule has 2 aromatic carbocycles. The Morgan fingerprint density at radius 2 is 1.84 bits per heavy atom. The number of benzene rings is 2. The maximum absolute atomic E-state index is 13.2. The molecular formula is C23H25FN4O3. The number of piperidine rings is 1. The van der Waals surface area contributed by atoms with Crippen molar-refractivity contribution in [3.8, 4) is 0 Å². The molecule has 8 heteroatoms. The molecule has 0 radical (unpaired) electrons. The van der Waals surface area contributed by atoms with Gasteiger partial charge in [0.1, 0.15) is 18.4 Å². The lowest BCUT2D eigenvalue weighted by atomic mass is 9.93. The van der Waals surface area contributed by atoms with Crippen LogP contribution in [-0.2, 0) is 16.1 Å². The molecule has 2 unspecified atom stereocenters. The quantitative estimate of drug-likeness (QED) is 0.773. The normalized spacial score (nSPS) is 21.1. The van der Waals surface area contributed by atoms with Gasteiger partial charge in [0.15, 0.2) is 0 Å². The van der Waals surface area contributed by atoms with Crippen molar-refractivity contribution in [3.05, 3.63) is 65.5 Å². The zero-order chi connectivity index (χ0) is 22.0. The van der Waals surface area contributed by atoms with Gasteiger partial charge in [-0.15, -0.1) is 0 Å². The van der Waals surface area contributed by atoms with E-state index in [0.29, 0.717) is 24.2 Å². The van der Waals surface area contributed by atoms with E-state index < -0.39 is 12.1 Å². The monoisotopic (exact) mass is 424 g/mol. The van der Waals surface area contributed by atoms with Gasteiger partial charge in [0.05, 0.1) is 12.6 Å². The zero-order valence-electron chi connectivity index (χ0n) is 17.3. The second-order valence-corrected chi connectivity index (χ2v) is 8.02. The Labute approximate surface area is 180 Å². The Hall–Kier alpha value is -3.26. The number of urea groups is 1. The Balaban J connectivity index is 1.53. The van der Waals surface area contributed by atoms with E-state index in [-0.39, 0.29) is 36.8 Å². The van der Waals surface area contributed by atoms with Crippen molar-refractivity contribution in [3.63, 3.8) is 0 Å². The van der Waals surface area contributed by atoms with Crippen LogP contribution in [0.2, 0.25) is 0 Å². The number of carbonyl (C=O) groups is 3. The molecule has 0 saturated carbocycles. The summed E-state index contributed by atoms with van der Waals surface area (Å²) >= 11 is 0. The van der Waals surface area contributed by atoms with Gasteiger partial charge in [-0.25, -0.2) is 9.18 Å². The van der Waals surface area contributed by atoms with Crippen LogP contribution in [0.4, 0.5) is 14.9 Å². The van der Waals surface area contributed by atoms with E-state index in [4.69, 9.17) is 0 Å². The number of hydrogen-bond acceptors (Lipinski definition) is 4. The summed E-state index contributed by atoms with van der Waals surface area (Å²) in [5.74, 6) is -1.02. The molecule has 2 fully saturated rings. The highest BCUT2D eigenvalue weighted by Gasteiger charge is 2.47. The van der Waals surface area contributed by atoms with Gasteiger partial charge in [-0.2, -0.15) is 0 Å². The molecular weight excluding hydrogens is 399 g/mol. The first-order valence-corrected chi connectivity index (χ1v) is 10.4. The van der Waals surface area contributed by atoms with Gasteiger partial charge in [-0.05, 0) is 56.1 Å². The van der Waals surface area contributed by atoms with Gasteiger partial charge in [-0.1, -0.05) is 29.8 Å². The van der Waals surface area contributed by atoms with Crippen LogP contribution in [0.3, 0.4) is 0 Å². The number of amides is 4. The minimum atomic E-state index is -0.556. The van der Waals surface area contributed by atoms with Crippen LogP contribution in [0.5, 0.6) is 0 Å². The fraction of sp³-hybridized carbons (Fsp3) is 0.348. The molecule has 162 valence electrons. The summed E-state index contributed by atoms with van der Waals surface area (Å²) in [4.78, 5) is 41.6. The van der Waals surface area contributed by atoms with Gasteiger partial charge in [0.25, 0.3) is 0 Å². The number of carbonyl (C=O) groups excluding carboxylic acids is 3. The number of anilines is 1. The fourth-order valence-corrected chi connectivity index (χ4v) is 4.11. The lowest BCUT2D eigenvalue weighted by molar-refractivity contribution is -0.138. The second kappa shape index (κ2) is 8.85. The number of imide groups is 1. The summed E-state index contributed by atoms with van der Waals surface area (Å²) in [6.45, 7) is 2.51. The van der Waals surface area contributed by atoms with Crippen LogP contribution in [0, 0.1) is 12.7 Å². The van der Waals surface area contributed by atoms with Crippen molar-refractivity contribution in [2.75, 3.05) is 18.4 Å². The van der Waals surface area contributed by atoms with E-state index >= 15 is 0 Å². The number of rotatable bonds is 5. The molecule has 2 aromatic rings. The second-order valence-electron chi connectivity index (χ2n) is 8.02. The van der Waals surface area contributed by atoms with E-state index in [9.17, 15) is 18.8 Å². The Morgan fingerprint density at radius 3 is 2.55 bits per heavy atom. The molecule has 0 spiro atoms. The molecule has 4 rings (SSSR count). The minimum Gasteiger partial charge on any atom is -0.325 e. The molecule has 2 aliphatic heterocycles. The van der Waals surface area contributed by atoms with Gasteiger partial charge < -0.3 is 15.5 Å². The maximum atomic E-state index is 13.2. The Bertz CT molecular complexity index is 977. The molecule has 7 nitrogen and oxygen atoms in total. The maximum Gasteiger partial charge on any atom is 0.327 e. The average molecular weight is 424 g/mol. The lowest BCUT2D eigenvalue weighted by Crippen LogP contribution is -2.70. The predicted molar refractivity (Wildman–Crippen MR) is 114 cm³/mol. The van der Waals surface area contributed by atoms with E-state index in [2.05, 4.69) is 10.6 Å². The number of nitrogens with zero attached hydrogens (tertiary/aromatic N) is 2. The van der Waals surface area contributed by atoms with Gasteiger partial charge >= 0.3 is 6.03 Å². The minimum absolute atomic E-state index is 0.0267. The van der Waals surface area contributed by atoms with Crippen molar-refractivity contribution >= 4 is 23.5 Å². The highest BCUT2D eigenvalue weighted by Crippen LogP contribution is 2.26. The van der Waals surface area contributed by atoms with Crippen molar-refractivity contribution in [1.29, 1.82) is 0 Å². The molecule has 0 aliphatic carbocycles. The topological polar surface area (TPSA) is 81.8 Å². The summed E-state index contributed by atoms with van der Waals surface area (Å²) in [5, 5.41) is 6.01. The third-order valence-electron chi connectivity index (χ3n) is 5.74. The van der Waals surface area contributed by atoms with Crippen molar-refractivity contribution in [2.24, 2.45) is 0 Å². The third kappa shape index (κ3) is 4.59.